The summed E-state index contributed by atoms with van der Waals surface area (Å²) in [5.41, 5.74) is 7.06. The van der Waals surface area contributed by atoms with Gasteiger partial charge in [0, 0.05) is 19.2 Å². The van der Waals surface area contributed by atoms with Crippen molar-refractivity contribution in [3.05, 3.63) is 35.4 Å². The van der Waals surface area contributed by atoms with Crippen LogP contribution in [0.3, 0.4) is 0 Å². The van der Waals surface area contributed by atoms with E-state index in [1.165, 1.54) is 0 Å². The molecule has 102 valence electrons. The highest BCUT2D eigenvalue weighted by Crippen LogP contribution is 2.06. The van der Waals surface area contributed by atoms with Crippen LogP contribution < -0.4 is 11.1 Å². The number of methoxy groups -OCH3 is 1. The molecule has 0 spiro atoms. The van der Waals surface area contributed by atoms with Crippen molar-refractivity contribution in [1.82, 2.24) is 5.32 Å². The lowest BCUT2D eigenvalue weighted by atomic mass is 10.1. The summed E-state index contributed by atoms with van der Waals surface area (Å²) < 4.78 is 5.03. The minimum atomic E-state index is -0.0417. The van der Waals surface area contributed by atoms with Gasteiger partial charge in [-0.2, -0.15) is 0 Å². The fourth-order valence-corrected chi connectivity index (χ4v) is 1.54. The van der Waals surface area contributed by atoms with Crippen molar-refractivity contribution in [2.45, 2.75) is 19.4 Å². The topological polar surface area (TPSA) is 64.3 Å². The number of nitrogens with one attached hydrogen (secondary N) is 1. The Bertz CT molecular complexity index is 359. The van der Waals surface area contributed by atoms with Crippen LogP contribution >= 0.6 is 12.4 Å². The molecule has 1 amide bonds. The van der Waals surface area contributed by atoms with Gasteiger partial charge >= 0.3 is 0 Å². The van der Waals surface area contributed by atoms with Crippen LogP contribution in [0.15, 0.2) is 24.3 Å². The molecule has 0 saturated carbocycles. The first kappa shape index (κ1) is 16.9. The van der Waals surface area contributed by atoms with Crippen molar-refractivity contribution in [1.29, 1.82) is 0 Å². The Morgan fingerprint density at radius 1 is 1.39 bits per heavy atom. The molecular weight excluding hydrogens is 252 g/mol. The molecule has 18 heavy (non-hydrogen) atoms. The third-order valence-electron chi connectivity index (χ3n) is 2.42. The number of amides is 1. The van der Waals surface area contributed by atoms with Gasteiger partial charge in [0.05, 0.1) is 6.61 Å². The average molecular weight is 273 g/mol. The van der Waals surface area contributed by atoms with Gasteiger partial charge in [-0.25, -0.2) is 0 Å². The number of hydrogen-bond donors (Lipinski definition) is 2. The molecule has 0 aliphatic carbocycles. The molecule has 4 nitrogen and oxygen atoms in total. The predicted molar refractivity (Wildman–Crippen MR) is 75.0 cm³/mol. The van der Waals surface area contributed by atoms with Crippen molar-refractivity contribution >= 4 is 18.3 Å². The first-order valence-electron chi connectivity index (χ1n) is 5.84. The maximum absolute atomic E-state index is 11.8. The highest BCUT2D eigenvalue weighted by Gasteiger charge is 2.05. The summed E-state index contributed by atoms with van der Waals surface area (Å²) in [7, 11) is 1.64. The normalized spacial score (nSPS) is 9.67. The van der Waals surface area contributed by atoms with Gasteiger partial charge in [-0.3, -0.25) is 4.79 Å². The standard InChI is InChI=1S/C13H20N2O2.ClH/c1-17-10-11-5-4-6-12(9-11)13(16)15-8-3-2-7-14;/h4-6,9H,2-3,7-8,10,14H2,1H3,(H,15,16);1H. The van der Waals surface area contributed by atoms with Crippen molar-refractivity contribution in [3.63, 3.8) is 0 Å². The van der Waals surface area contributed by atoms with Crippen LogP contribution in [-0.2, 0) is 11.3 Å². The summed E-state index contributed by atoms with van der Waals surface area (Å²) in [6.45, 7) is 1.86. The molecule has 0 unspecified atom stereocenters. The largest absolute Gasteiger partial charge is 0.380 e. The fraction of sp³-hybridized carbons (Fsp3) is 0.462. The molecule has 0 aliphatic rings. The number of ether oxygens (including phenoxy) is 1. The summed E-state index contributed by atoms with van der Waals surface area (Å²) in [6.07, 6.45) is 1.85. The summed E-state index contributed by atoms with van der Waals surface area (Å²) >= 11 is 0. The highest BCUT2D eigenvalue weighted by atomic mass is 35.5. The van der Waals surface area contributed by atoms with E-state index in [9.17, 15) is 4.79 Å². The second-order valence-corrected chi connectivity index (χ2v) is 3.89. The lowest BCUT2D eigenvalue weighted by Gasteiger charge is -2.06. The Morgan fingerprint density at radius 2 is 2.17 bits per heavy atom. The zero-order chi connectivity index (χ0) is 12.5. The molecule has 0 bridgehead atoms. The van der Waals surface area contributed by atoms with Gasteiger partial charge in [-0.05, 0) is 37.1 Å². The third-order valence-corrected chi connectivity index (χ3v) is 2.42. The third kappa shape index (κ3) is 6.00. The number of unbranched alkanes of at least 4 members (excludes halogenated alkanes) is 1. The summed E-state index contributed by atoms with van der Waals surface area (Å²) in [5.74, 6) is -0.0417. The SMILES string of the molecule is COCc1cccc(C(=O)NCCCCN)c1.Cl. The number of carbonyl (C=O) groups is 1. The summed E-state index contributed by atoms with van der Waals surface area (Å²) in [4.78, 5) is 11.8. The number of halogens is 1. The smallest absolute Gasteiger partial charge is 0.251 e. The van der Waals surface area contributed by atoms with Crippen LogP contribution in [0, 0.1) is 0 Å². The predicted octanol–water partition coefficient (Wildman–Crippen LogP) is 1.72. The lowest BCUT2D eigenvalue weighted by Crippen LogP contribution is -2.24. The lowest BCUT2D eigenvalue weighted by molar-refractivity contribution is 0.0952. The number of benzene rings is 1. The first-order valence-corrected chi connectivity index (χ1v) is 5.84. The Balaban J connectivity index is 0.00000289. The van der Waals surface area contributed by atoms with E-state index in [0.717, 1.165) is 18.4 Å². The first-order chi connectivity index (χ1) is 8.27. The molecule has 0 fully saturated rings. The second kappa shape index (κ2) is 9.88. The van der Waals surface area contributed by atoms with Crippen molar-refractivity contribution in [2.75, 3.05) is 20.2 Å². The van der Waals surface area contributed by atoms with Gasteiger partial charge in [0.25, 0.3) is 5.91 Å². The quantitative estimate of drug-likeness (QED) is 0.743. The number of hydrogen-bond acceptors (Lipinski definition) is 3. The van der Waals surface area contributed by atoms with E-state index in [1.807, 2.05) is 18.2 Å². The molecule has 1 aromatic rings. The Morgan fingerprint density at radius 3 is 2.83 bits per heavy atom. The number of nitrogens with two attached hydrogens (primary N) is 1. The molecule has 5 heteroatoms. The van der Waals surface area contributed by atoms with E-state index in [-0.39, 0.29) is 18.3 Å². The van der Waals surface area contributed by atoms with Crippen molar-refractivity contribution in [3.8, 4) is 0 Å². The minimum Gasteiger partial charge on any atom is -0.380 e. The molecule has 1 aromatic carbocycles. The van der Waals surface area contributed by atoms with E-state index >= 15 is 0 Å². The zero-order valence-corrected chi connectivity index (χ0v) is 11.5. The van der Waals surface area contributed by atoms with E-state index in [2.05, 4.69) is 5.32 Å². The Hall–Kier alpha value is -1.10. The van der Waals surface area contributed by atoms with E-state index < -0.39 is 0 Å². The van der Waals surface area contributed by atoms with Crippen LogP contribution in [0.5, 0.6) is 0 Å². The molecule has 0 atom stereocenters. The van der Waals surface area contributed by atoms with Crippen molar-refractivity contribution < 1.29 is 9.53 Å². The molecule has 0 aliphatic heterocycles. The maximum Gasteiger partial charge on any atom is 0.251 e. The van der Waals surface area contributed by atoms with Gasteiger partial charge in [-0.15, -0.1) is 12.4 Å². The maximum atomic E-state index is 11.8. The number of rotatable bonds is 7. The Labute approximate surface area is 114 Å². The molecule has 0 radical (unpaired) electrons. The van der Waals surface area contributed by atoms with Gasteiger partial charge in [-0.1, -0.05) is 12.1 Å². The average Bonchev–Trinajstić information content (AvgIpc) is 2.35. The van der Waals surface area contributed by atoms with Crippen LogP contribution in [0.2, 0.25) is 0 Å². The highest BCUT2D eigenvalue weighted by molar-refractivity contribution is 5.94. The van der Waals surface area contributed by atoms with Crippen LogP contribution in [0.1, 0.15) is 28.8 Å². The number of carbonyl (C=O) groups excluding carboxylic acids is 1. The second-order valence-electron chi connectivity index (χ2n) is 3.89. The van der Waals surface area contributed by atoms with Gasteiger partial charge in [0.2, 0.25) is 0 Å². The van der Waals surface area contributed by atoms with Gasteiger partial charge in [0.1, 0.15) is 0 Å². The molecule has 0 saturated heterocycles. The molecular formula is C13H21ClN2O2. The van der Waals surface area contributed by atoms with Gasteiger partial charge in [0.15, 0.2) is 0 Å². The van der Waals surface area contributed by atoms with Crippen LogP contribution in [0.4, 0.5) is 0 Å². The Kier molecular flexibility index (Phi) is 9.28. The van der Waals surface area contributed by atoms with E-state index in [0.29, 0.717) is 25.3 Å². The molecule has 0 aromatic heterocycles. The van der Waals surface area contributed by atoms with Crippen molar-refractivity contribution in [2.24, 2.45) is 5.73 Å². The monoisotopic (exact) mass is 272 g/mol. The minimum absolute atomic E-state index is 0. The summed E-state index contributed by atoms with van der Waals surface area (Å²) in [6, 6.07) is 7.46. The molecule has 1 rings (SSSR count). The molecule has 3 N–H and O–H groups in total. The summed E-state index contributed by atoms with van der Waals surface area (Å²) in [5, 5.41) is 2.87. The van der Waals surface area contributed by atoms with E-state index in [1.54, 1.807) is 13.2 Å². The fourth-order valence-electron chi connectivity index (χ4n) is 1.54. The van der Waals surface area contributed by atoms with Crippen LogP contribution in [-0.4, -0.2) is 26.1 Å². The van der Waals surface area contributed by atoms with E-state index in [4.69, 9.17) is 10.5 Å². The zero-order valence-electron chi connectivity index (χ0n) is 10.6. The van der Waals surface area contributed by atoms with Crippen LogP contribution in [0.25, 0.3) is 0 Å². The molecule has 0 heterocycles. The van der Waals surface area contributed by atoms with Gasteiger partial charge < -0.3 is 15.8 Å².